The number of hydrogen-bond acceptors (Lipinski definition) is 3. The van der Waals surface area contributed by atoms with E-state index < -0.39 is 0 Å². The Morgan fingerprint density at radius 3 is 2.73 bits per heavy atom. The highest BCUT2D eigenvalue weighted by atomic mass is 16.2. The Labute approximate surface area is 92.2 Å². The summed E-state index contributed by atoms with van der Waals surface area (Å²) in [7, 11) is 0. The molecule has 88 valence electrons. The molecule has 1 saturated heterocycles. The first kappa shape index (κ1) is 12.5. The second-order valence-electron chi connectivity index (χ2n) is 5.02. The molecule has 3 N–H and O–H groups in total. The van der Waals surface area contributed by atoms with Crippen LogP contribution in [0.25, 0.3) is 0 Å². The smallest absolute Gasteiger partial charge is 0.234 e. The van der Waals surface area contributed by atoms with E-state index in [2.05, 4.69) is 17.1 Å². The summed E-state index contributed by atoms with van der Waals surface area (Å²) in [5.74, 6) is 0.701. The summed E-state index contributed by atoms with van der Waals surface area (Å²) < 4.78 is 0. The average Bonchev–Trinajstić information content (AvgIpc) is 1.98. The zero-order valence-corrected chi connectivity index (χ0v) is 9.99. The van der Waals surface area contributed by atoms with Crippen molar-refractivity contribution in [1.82, 2.24) is 10.2 Å². The second kappa shape index (κ2) is 5.47. The predicted octanol–water partition coefficient (Wildman–Crippen LogP) is 0.180. The van der Waals surface area contributed by atoms with E-state index in [1.807, 2.05) is 13.8 Å². The van der Waals surface area contributed by atoms with E-state index >= 15 is 0 Å². The van der Waals surface area contributed by atoms with Crippen LogP contribution in [0.4, 0.5) is 0 Å². The van der Waals surface area contributed by atoms with Crippen molar-refractivity contribution >= 4 is 5.91 Å². The molecule has 0 aromatic heterocycles. The van der Waals surface area contributed by atoms with E-state index in [4.69, 9.17) is 5.73 Å². The molecule has 1 rings (SSSR count). The quantitative estimate of drug-likeness (QED) is 0.703. The van der Waals surface area contributed by atoms with Crippen LogP contribution in [0.1, 0.15) is 27.2 Å². The van der Waals surface area contributed by atoms with Crippen molar-refractivity contribution in [2.45, 2.75) is 39.3 Å². The number of rotatable bonds is 3. The highest BCUT2D eigenvalue weighted by molar-refractivity contribution is 5.78. The molecule has 0 aromatic rings. The fourth-order valence-electron chi connectivity index (χ4n) is 2.21. The monoisotopic (exact) mass is 213 g/mol. The van der Waals surface area contributed by atoms with Crippen LogP contribution in [-0.2, 0) is 4.79 Å². The molecule has 1 aliphatic rings. The molecule has 0 saturated carbocycles. The Bertz CT molecular complexity index is 208. The van der Waals surface area contributed by atoms with Crippen molar-refractivity contribution in [1.29, 1.82) is 0 Å². The van der Waals surface area contributed by atoms with Crippen molar-refractivity contribution in [3.63, 3.8) is 0 Å². The molecule has 2 atom stereocenters. The molecule has 0 radical (unpaired) electrons. The molecular weight excluding hydrogens is 190 g/mol. The Hall–Kier alpha value is -0.610. The molecule has 1 amide bonds. The van der Waals surface area contributed by atoms with Crippen molar-refractivity contribution in [3.8, 4) is 0 Å². The minimum atomic E-state index is 0.103. The summed E-state index contributed by atoms with van der Waals surface area (Å²) in [6.45, 7) is 8.45. The number of carbonyl (C=O) groups excluding carboxylic acids is 1. The minimum absolute atomic E-state index is 0.103. The van der Waals surface area contributed by atoms with Gasteiger partial charge in [-0.15, -0.1) is 0 Å². The SMILES string of the molecule is CC1CC(N)CN(CC(=O)NC(C)C)C1. The van der Waals surface area contributed by atoms with Gasteiger partial charge in [-0.25, -0.2) is 0 Å². The lowest BCUT2D eigenvalue weighted by atomic mass is 9.97. The second-order valence-corrected chi connectivity index (χ2v) is 5.02. The Morgan fingerprint density at radius 1 is 1.53 bits per heavy atom. The number of nitrogens with one attached hydrogen (secondary N) is 1. The normalized spacial score (nSPS) is 28.1. The van der Waals surface area contributed by atoms with Crippen LogP contribution < -0.4 is 11.1 Å². The van der Waals surface area contributed by atoms with Gasteiger partial charge in [0, 0.05) is 25.2 Å². The van der Waals surface area contributed by atoms with Gasteiger partial charge in [0.2, 0.25) is 5.91 Å². The van der Waals surface area contributed by atoms with Crippen molar-refractivity contribution in [2.75, 3.05) is 19.6 Å². The van der Waals surface area contributed by atoms with Crippen molar-refractivity contribution < 1.29 is 4.79 Å². The number of nitrogens with zero attached hydrogens (tertiary/aromatic N) is 1. The van der Waals surface area contributed by atoms with E-state index in [1.54, 1.807) is 0 Å². The van der Waals surface area contributed by atoms with Gasteiger partial charge in [0.05, 0.1) is 6.54 Å². The molecule has 0 aliphatic carbocycles. The average molecular weight is 213 g/mol. The summed E-state index contributed by atoms with van der Waals surface area (Å²) in [4.78, 5) is 13.7. The molecule has 1 fully saturated rings. The first-order chi connectivity index (χ1) is 6.97. The van der Waals surface area contributed by atoms with E-state index in [-0.39, 0.29) is 18.0 Å². The maximum atomic E-state index is 11.5. The van der Waals surface area contributed by atoms with E-state index in [9.17, 15) is 4.79 Å². The molecule has 2 unspecified atom stereocenters. The largest absolute Gasteiger partial charge is 0.353 e. The third-order valence-corrected chi connectivity index (χ3v) is 2.58. The lowest BCUT2D eigenvalue weighted by molar-refractivity contribution is -0.123. The number of nitrogens with two attached hydrogens (primary N) is 1. The van der Waals surface area contributed by atoms with Crippen molar-refractivity contribution in [2.24, 2.45) is 11.7 Å². The van der Waals surface area contributed by atoms with Crippen LogP contribution >= 0.6 is 0 Å². The Morgan fingerprint density at radius 2 is 2.20 bits per heavy atom. The van der Waals surface area contributed by atoms with Gasteiger partial charge >= 0.3 is 0 Å². The highest BCUT2D eigenvalue weighted by Crippen LogP contribution is 2.14. The van der Waals surface area contributed by atoms with Crippen LogP contribution in [-0.4, -0.2) is 42.5 Å². The Kier molecular flexibility index (Phi) is 4.54. The van der Waals surface area contributed by atoms with Gasteiger partial charge in [-0.1, -0.05) is 6.92 Å². The molecule has 0 bridgehead atoms. The van der Waals surface area contributed by atoms with E-state index in [0.29, 0.717) is 12.5 Å². The van der Waals surface area contributed by atoms with Crippen LogP contribution in [0.5, 0.6) is 0 Å². The van der Waals surface area contributed by atoms with Gasteiger partial charge in [0.25, 0.3) is 0 Å². The zero-order chi connectivity index (χ0) is 11.4. The first-order valence-corrected chi connectivity index (χ1v) is 5.74. The molecule has 1 heterocycles. The standard InChI is InChI=1S/C11H23N3O/c1-8(2)13-11(15)7-14-5-9(3)4-10(12)6-14/h8-10H,4-7,12H2,1-3H3,(H,13,15). The third kappa shape index (κ3) is 4.62. The topological polar surface area (TPSA) is 58.4 Å². The summed E-state index contributed by atoms with van der Waals surface area (Å²) in [6.07, 6.45) is 1.07. The summed E-state index contributed by atoms with van der Waals surface area (Å²) >= 11 is 0. The zero-order valence-electron chi connectivity index (χ0n) is 9.99. The number of piperidine rings is 1. The number of likely N-dealkylation sites (tertiary alicyclic amines) is 1. The highest BCUT2D eigenvalue weighted by Gasteiger charge is 2.23. The van der Waals surface area contributed by atoms with Crippen LogP contribution in [0.3, 0.4) is 0 Å². The van der Waals surface area contributed by atoms with Crippen LogP contribution in [0.2, 0.25) is 0 Å². The lowest BCUT2D eigenvalue weighted by Gasteiger charge is -2.34. The summed E-state index contributed by atoms with van der Waals surface area (Å²) in [6, 6.07) is 0.439. The van der Waals surface area contributed by atoms with Gasteiger partial charge in [-0.05, 0) is 26.2 Å². The van der Waals surface area contributed by atoms with E-state index in [0.717, 1.165) is 19.5 Å². The molecule has 1 aliphatic heterocycles. The van der Waals surface area contributed by atoms with E-state index in [1.165, 1.54) is 0 Å². The lowest BCUT2D eigenvalue weighted by Crippen LogP contribution is -2.50. The van der Waals surface area contributed by atoms with Gasteiger partial charge < -0.3 is 11.1 Å². The molecule has 4 heteroatoms. The van der Waals surface area contributed by atoms with Gasteiger partial charge in [0.15, 0.2) is 0 Å². The van der Waals surface area contributed by atoms with Crippen LogP contribution in [0.15, 0.2) is 0 Å². The number of carbonyl (C=O) groups is 1. The molecule has 0 spiro atoms. The van der Waals surface area contributed by atoms with Crippen molar-refractivity contribution in [3.05, 3.63) is 0 Å². The third-order valence-electron chi connectivity index (χ3n) is 2.58. The van der Waals surface area contributed by atoms with Gasteiger partial charge in [0.1, 0.15) is 0 Å². The Balaban J connectivity index is 2.34. The molecule has 0 aromatic carbocycles. The summed E-state index contributed by atoms with van der Waals surface area (Å²) in [5, 5.41) is 2.90. The maximum absolute atomic E-state index is 11.5. The summed E-state index contributed by atoms with van der Waals surface area (Å²) in [5.41, 5.74) is 5.92. The first-order valence-electron chi connectivity index (χ1n) is 5.74. The fourth-order valence-corrected chi connectivity index (χ4v) is 2.21. The van der Waals surface area contributed by atoms with Gasteiger partial charge in [-0.2, -0.15) is 0 Å². The molecular formula is C11H23N3O. The number of amides is 1. The molecule has 4 nitrogen and oxygen atoms in total. The number of hydrogen-bond donors (Lipinski definition) is 2. The predicted molar refractivity (Wildman–Crippen MR) is 61.5 cm³/mol. The van der Waals surface area contributed by atoms with Gasteiger partial charge in [-0.3, -0.25) is 9.69 Å². The fraction of sp³-hybridized carbons (Fsp3) is 0.909. The molecule has 15 heavy (non-hydrogen) atoms. The maximum Gasteiger partial charge on any atom is 0.234 e. The van der Waals surface area contributed by atoms with Crippen LogP contribution in [0, 0.1) is 5.92 Å². The minimum Gasteiger partial charge on any atom is -0.353 e.